The van der Waals surface area contributed by atoms with Gasteiger partial charge < -0.3 is 9.47 Å². The van der Waals surface area contributed by atoms with Crippen LogP contribution in [0.25, 0.3) is 0 Å². The monoisotopic (exact) mass is 523 g/mol. The fourth-order valence-corrected chi connectivity index (χ4v) is 11.7. The standard InChI is InChI=1S/C32H45NO5/c1-26(2)11-13-31(25(36)37-8)14-12-29(6)22(18(31)16-26)19(34)15-21-28(29,5)10-9-20-27(3,4)23(35)32(17-33)24(38-32)30(20,21)7/h18,20-22,24H,9-16H2,1-8H3/t18?,20-,21-,22?,24+,28+,29+,30-,31?,32-/m0/s1. The first-order valence-electron chi connectivity index (χ1n) is 14.8. The molecule has 0 N–H and O–H groups in total. The maximum atomic E-state index is 14.5. The molecule has 6 aliphatic rings. The van der Waals surface area contributed by atoms with Gasteiger partial charge in [0.25, 0.3) is 0 Å². The number of hydrogen-bond donors (Lipinski definition) is 0. The van der Waals surface area contributed by atoms with Crippen LogP contribution in [0.4, 0.5) is 0 Å². The lowest BCUT2D eigenvalue weighted by molar-refractivity contribution is -0.236. The Morgan fingerprint density at radius 1 is 0.947 bits per heavy atom. The maximum Gasteiger partial charge on any atom is 0.312 e. The molecule has 0 radical (unpaired) electrons. The molecule has 0 spiro atoms. The minimum absolute atomic E-state index is 0.0204. The van der Waals surface area contributed by atoms with Crippen molar-refractivity contribution in [3.8, 4) is 6.07 Å². The molecule has 0 aromatic carbocycles. The normalized spacial score (nSPS) is 53.7. The molecular weight excluding hydrogens is 478 g/mol. The van der Waals surface area contributed by atoms with Gasteiger partial charge in [0.1, 0.15) is 18.0 Å². The van der Waals surface area contributed by atoms with Crippen LogP contribution in [0.5, 0.6) is 0 Å². The van der Waals surface area contributed by atoms with Gasteiger partial charge in [-0.25, -0.2) is 0 Å². The van der Waals surface area contributed by atoms with Crippen molar-refractivity contribution < 1.29 is 23.9 Å². The van der Waals surface area contributed by atoms with E-state index in [9.17, 15) is 19.6 Å². The van der Waals surface area contributed by atoms with Gasteiger partial charge in [-0.05, 0) is 78.9 Å². The number of rotatable bonds is 1. The van der Waals surface area contributed by atoms with E-state index >= 15 is 0 Å². The van der Waals surface area contributed by atoms with Crippen LogP contribution >= 0.6 is 0 Å². The highest BCUT2D eigenvalue weighted by molar-refractivity contribution is 6.00. The molecule has 0 aromatic rings. The topological polar surface area (TPSA) is 96.8 Å². The number of hydrogen-bond acceptors (Lipinski definition) is 6. The summed E-state index contributed by atoms with van der Waals surface area (Å²) in [6.45, 7) is 15.5. The zero-order valence-corrected chi connectivity index (χ0v) is 24.5. The van der Waals surface area contributed by atoms with E-state index < -0.39 is 27.9 Å². The second-order valence-corrected chi connectivity index (χ2v) is 16.0. The summed E-state index contributed by atoms with van der Waals surface area (Å²) >= 11 is 0. The summed E-state index contributed by atoms with van der Waals surface area (Å²) < 4.78 is 11.6. The Labute approximate surface area is 227 Å². The smallest absolute Gasteiger partial charge is 0.312 e. The van der Waals surface area contributed by atoms with Crippen molar-refractivity contribution in [2.24, 2.45) is 56.2 Å². The Morgan fingerprint density at radius 2 is 1.61 bits per heavy atom. The molecule has 6 fully saturated rings. The van der Waals surface area contributed by atoms with E-state index in [4.69, 9.17) is 9.47 Å². The van der Waals surface area contributed by atoms with Gasteiger partial charge >= 0.3 is 5.97 Å². The number of ether oxygens (including phenoxy) is 2. The number of ketones is 2. The summed E-state index contributed by atoms with van der Waals surface area (Å²) in [7, 11) is 1.49. The molecule has 6 heteroatoms. The molecular formula is C32H45NO5. The third-order valence-corrected chi connectivity index (χ3v) is 13.9. The van der Waals surface area contributed by atoms with Crippen molar-refractivity contribution in [3.63, 3.8) is 0 Å². The van der Waals surface area contributed by atoms with Gasteiger partial charge in [-0.3, -0.25) is 14.4 Å². The van der Waals surface area contributed by atoms with Crippen molar-refractivity contribution in [3.05, 3.63) is 0 Å². The summed E-state index contributed by atoms with van der Waals surface area (Å²) in [6.07, 6.45) is 6.01. The van der Waals surface area contributed by atoms with Crippen molar-refractivity contribution in [2.45, 2.75) is 112 Å². The van der Waals surface area contributed by atoms with E-state index in [-0.39, 0.29) is 57.5 Å². The minimum Gasteiger partial charge on any atom is -0.469 e. The van der Waals surface area contributed by atoms with Gasteiger partial charge in [-0.15, -0.1) is 0 Å². The highest BCUT2D eigenvalue weighted by atomic mass is 16.6. The molecule has 1 aliphatic heterocycles. The molecule has 0 bridgehead atoms. The molecule has 38 heavy (non-hydrogen) atoms. The van der Waals surface area contributed by atoms with Crippen LogP contribution in [-0.2, 0) is 23.9 Å². The molecule has 0 amide bonds. The lowest BCUT2D eigenvalue weighted by Gasteiger charge is -2.71. The van der Waals surface area contributed by atoms with E-state index in [0.717, 1.165) is 44.9 Å². The average Bonchev–Trinajstić information content (AvgIpc) is 3.61. The van der Waals surface area contributed by atoms with Crippen molar-refractivity contribution >= 4 is 17.5 Å². The average molecular weight is 524 g/mol. The lowest BCUT2D eigenvalue weighted by Crippen LogP contribution is -2.71. The van der Waals surface area contributed by atoms with Gasteiger partial charge in [-0.1, -0.05) is 48.5 Å². The Balaban J connectivity index is 1.47. The lowest BCUT2D eigenvalue weighted by atomic mass is 9.31. The minimum atomic E-state index is -1.37. The van der Waals surface area contributed by atoms with Crippen LogP contribution in [0.15, 0.2) is 0 Å². The number of Topliss-reactive ketones (excluding diaryl/α,β-unsaturated/α-hetero) is 2. The fraction of sp³-hybridized carbons (Fsp3) is 0.875. The molecule has 6 rings (SSSR count). The third-order valence-electron chi connectivity index (χ3n) is 13.9. The van der Waals surface area contributed by atoms with Gasteiger partial charge in [0.2, 0.25) is 5.60 Å². The van der Waals surface area contributed by atoms with E-state index in [2.05, 4.69) is 40.7 Å². The number of epoxide rings is 1. The predicted octanol–water partition coefficient (Wildman–Crippen LogP) is 5.67. The first-order valence-corrected chi connectivity index (χ1v) is 14.8. The van der Waals surface area contributed by atoms with Crippen LogP contribution in [0.1, 0.15) is 99.8 Å². The summed E-state index contributed by atoms with van der Waals surface area (Å²) in [5, 5.41) is 10.1. The summed E-state index contributed by atoms with van der Waals surface area (Å²) in [5.74, 6) is -0.0617. The molecule has 10 atom stereocenters. The van der Waals surface area contributed by atoms with Gasteiger partial charge in [0, 0.05) is 23.2 Å². The zero-order valence-electron chi connectivity index (χ0n) is 24.5. The number of esters is 1. The zero-order chi connectivity index (χ0) is 27.9. The molecule has 1 saturated heterocycles. The van der Waals surface area contributed by atoms with Gasteiger partial charge in [0.05, 0.1) is 12.5 Å². The number of fused-ring (bicyclic) bond motifs is 9. The number of carbonyl (C=O) groups is 3. The maximum absolute atomic E-state index is 14.5. The highest BCUT2D eigenvalue weighted by Crippen LogP contribution is 2.78. The predicted molar refractivity (Wildman–Crippen MR) is 140 cm³/mol. The number of methoxy groups -OCH3 is 1. The Bertz CT molecular complexity index is 1180. The summed E-state index contributed by atoms with van der Waals surface area (Å²) in [6, 6.07) is 2.27. The highest BCUT2D eigenvalue weighted by Gasteiger charge is 2.84. The second-order valence-electron chi connectivity index (χ2n) is 16.0. The largest absolute Gasteiger partial charge is 0.469 e. The van der Waals surface area contributed by atoms with Gasteiger partial charge in [-0.2, -0.15) is 5.26 Å². The summed E-state index contributed by atoms with van der Waals surface area (Å²) in [5.41, 5.74) is -3.43. The van der Waals surface area contributed by atoms with Crippen molar-refractivity contribution in [1.29, 1.82) is 5.26 Å². The Kier molecular flexibility index (Phi) is 5.09. The summed E-state index contributed by atoms with van der Waals surface area (Å²) in [4.78, 5) is 41.5. The van der Waals surface area contributed by atoms with E-state index in [0.29, 0.717) is 6.42 Å². The first-order chi connectivity index (χ1) is 17.5. The van der Waals surface area contributed by atoms with E-state index in [1.165, 1.54) is 7.11 Å². The van der Waals surface area contributed by atoms with Crippen LogP contribution in [0.3, 0.4) is 0 Å². The van der Waals surface area contributed by atoms with Crippen LogP contribution in [-0.4, -0.2) is 36.4 Å². The molecule has 6 nitrogen and oxygen atoms in total. The molecule has 208 valence electrons. The second kappa shape index (κ2) is 7.31. The quantitative estimate of drug-likeness (QED) is 0.324. The Hall–Kier alpha value is -1.74. The molecule has 5 aliphatic carbocycles. The van der Waals surface area contributed by atoms with Crippen LogP contribution < -0.4 is 0 Å². The van der Waals surface area contributed by atoms with Crippen LogP contribution in [0, 0.1) is 67.5 Å². The number of nitrogens with zero attached hydrogens (tertiary/aromatic N) is 1. The van der Waals surface area contributed by atoms with Crippen molar-refractivity contribution in [1.82, 2.24) is 0 Å². The SMILES string of the molecule is COC(=O)C12CCC(C)(C)CC1C1C(=O)C[C@@H]3[C@@]4(C)[C@H]5O[C@@]5(C#N)C(=O)C(C)(C)[C@@H]4CC[C@@]3(C)[C@]1(C)CC2. The van der Waals surface area contributed by atoms with E-state index in [1.807, 2.05) is 13.8 Å². The van der Waals surface area contributed by atoms with E-state index in [1.54, 1.807) is 0 Å². The Morgan fingerprint density at radius 3 is 2.24 bits per heavy atom. The van der Waals surface area contributed by atoms with Crippen LogP contribution in [0.2, 0.25) is 0 Å². The fourth-order valence-electron chi connectivity index (χ4n) is 11.7. The molecule has 3 unspecified atom stereocenters. The third kappa shape index (κ3) is 2.71. The van der Waals surface area contributed by atoms with Gasteiger partial charge in [0.15, 0.2) is 5.78 Å². The molecule has 5 saturated carbocycles. The molecule has 1 heterocycles. The van der Waals surface area contributed by atoms with Crippen molar-refractivity contribution in [2.75, 3.05) is 7.11 Å². The number of carbonyl (C=O) groups excluding carboxylic acids is 3. The number of nitriles is 1. The first kappa shape index (κ1) is 26.5. The molecule has 0 aromatic heterocycles.